The van der Waals surface area contributed by atoms with Crippen LogP contribution in [0.25, 0.3) is 0 Å². The van der Waals surface area contributed by atoms with E-state index in [-0.39, 0.29) is 11.7 Å². The Morgan fingerprint density at radius 1 is 1.10 bits per heavy atom. The lowest BCUT2D eigenvalue weighted by atomic mass is 10.1. The zero-order valence-corrected chi connectivity index (χ0v) is 11.8. The Morgan fingerprint density at radius 3 is 2.50 bits per heavy atom. The third kappa shape index (κ3) is 2.74. The van der Waals surface area contributed by atoms with E-state index < -0.39 is 0 Å². The van der Waals surface area contributed by atoms with E-state index in [2.05, 4.69) is 5.32 Å². The monoisotopic (exact) mass is 270 g/mol. The molecule has 0 spiro atoms. The lowest BCUT2D eigenvalue weighted by molar-refractivity contribution is 0.102. The smallest absolute Gasteiger partial charge is 0.256 e. The van der Waals surface area contributed by atoms with E-state index in [4.69, 9.17) is 0 Å². The molecule has 104 valence electrons. The molecule has 0 bridgehead atoms. The lowest BCUT2D eigenvalue weighted by Gasteiger charge is -2.18. The van der Waals surface area contributed by atoms with Gasteiger partial charge in [-0.25, -0.2) is 0 Å². The molecule has 4 nitrogen and oxygen atoms in total. The van der Waals surface area contributed by atoms with Gasteiger partial charge in [0.2, 0.25) is 0 Å². The van der Waals surface area contributed by atoms with Crippen molar-refractivity contribution >= 4 is 17.3 Å². The van der Waals surface area contributed by atoms with Crippen LogP contribution in [0.2, 0.25) is 0 Å². The molecule has 1 amide bonds. The molecular weight excluding hydrogens is 252 g/mol. The average Bonchev–Trinajstić information content (AvgIpc) is 2.42. The number of carbonyl (C=O) groups excluding carboxylic acids is 1. The molecule has 0 aliphatic heterocycles. The lowest BCUT2D eigenvalue weighted by Crippen LogP contribution is -2.17. The van der Waals surface area contributed by atoms with Crippen LogP contribution in [0.5, 0.6) is 5.75 Å². The van der Waals surface area contributed by atoms with E-state index in [1.54, 1.807) is 25.1 Å². The third-order valence-electron chi connectivity index (χ3n) is 3.18. The molecule has 2 rings (SSSR count). The van der Waals surface area contributed by atoms with E-state index in [0.29, 0.717) is 11.1 Å². The van der Waals surface area contributed by atoms with E-state index in [0.717, 1.165) is 11.4 Å². The van der Waals surface area contributed by atoms with Gasteiger partial charge in [-0.15, -0.1) is 0 Å². The van der Waals surface area contributed by atoms with Crippen molar-refractivity contribution in [3.63, 3.8) is 0 Å². The highest BCUT2D eigenvalue weighted by molar-refractivity contribution is 6.07. The van der Waals surface area contributed by atoms with Crippen molar-refractivity contribution < 1.29 is 9.90 Å². The molecule has 0 fully saturated rings. The fourth-order valence-corrected chi connectivity index (χ4v) is 2.03. The van der Waals surface area contributed by atoms with Crippen LogP contribution < -0.4 is 10.2 Å². The van der Waals surface area contributed by atoms with Gasteiger partial charge in [-0.2, -0.15) is 0 Å². The van der Waals surface area contributed by atoms with Crippen molar-refractivity contribution in [3.8, 4) is 5.75 Å². The summed E-state index contributed by atoms with van der Waals surface area (Å²) in [5, 5.41) is 12.6. The highest BCUT2D eigenvalue weighted by Gasteiger charge is 2.13. The third-order valence-corrected chi connectivity index (χ3v) is 3.18. The number of anilines is 2. The zero-order chi connectivity index (χ0) is 14.7. The molecule has 2 N–H and O–H groups in total. The fourth-order valence-electron chi connectivity index (χ4n) is 2.03. The van der Waals surface area contributed by atoms with Gasteiger partial charge in [0.25, 0.3) is 5.91 Å². The topological polar surface area (TPSA) is 52.6 Å². The van der Waals surface area contributed by atoms with Crippen molar-refractivity contribution in [2.45, 2.75) is 6.92 Å². The summed E-state index contributed by atoms with van der Waals surface area (Å²) in [4.78, 5) is 14.3. The number of hydrogen-bond acceptors (Lipinski definition) is 3. The molecule has 0 aliphatic rings. The van der Waals surface area contributed by atoms with Gasteiger partial charge in [0.15, 0.2) is 0 Å². The largest absolute Gasteiger partial charge is 0.508 e. The van der Waals surface area contributed by atoms with E-state index >= 15 is 0 Å². The maximum Gasteiger partial charge on any atom is 0.256 e. The van der Waals surface area contributed by atoms with Gasteiger partial charge < -0.3 is 15.3 Å². The highest BCUT2D eigenvalue weighted by Crippen LogP contribution is 2.25. The van der Waals surface area contributed by atoms with Gasteiger partial charge in [-0.05, 0) is 31.2 Å². The number of phenols is 1. The van der Waals surface area contributed by atoms with Gasteiger partial charge in [-0.1, -0.05) is 18.2 Å². The predicted octanol–water partition coefficient (Wildman–Crippen LogP) is 3.02. The maximum absolute atomic E-state index is 12.3. The molecule has 0 saturated heterocycles. The van der Waals surface area contributed by atoms with Crippen molar-refractivity contribution in [2.24, 2.45) is 0 Å². The van der Waals surface area contributed by atoms with Crippen LogP contribution in [0, 0.1) is 6.92 Å². The van der Waals surface area contributed by atoms with Crippen LogP contribution in [-0.4, -0.2) is 25.1 Å². The first-order valence-electron chi connectivity index (χ1n) is 6.37. The average molecular weight is 270 g/mol. The Hall–Kier alpha value is -2.49. The molecule has 2 aromatic carbocycles. The number of nitrogens with zero attached hydrogens (tertiary/aromatic N) is 1. The van der Waals surface area contributed by atoms with Crippen LogP contribution in [-0.2, 0) is 0 Å². The van der Waals surface area contributed by atoms with E-state index in [1.807, 2.05) is 43.3 Å². The number of aromatic hydroxyl groups is 1. The quantitative estimate of drug-likeness (QED) is 0.901. The second-order valence-electron chi connectivity index (χ2n) is 4.82. The minimum Gasteiger partial charge on any atom is -0.508 e. The first-order valence-corrected chi connectivity index (χ1v) is 6.37. The summed E-state index contributed by atoms with van der Waals surface area (Å²) in [6, 6.07) is 12.5. The highest BCUT2D eigenvalue weighted by atomic mass is 16.3. The molecule has 20 heavy (non-hydrogen) atoms. The predicted molar refractivity (Wildman–Crippen MR) is 81.6 cm³/mol. The first-order chi connectivity index (χ1) is 9.50. The molecule has 0 radical (unpaired) electrons. The normalized spacial score (nSPS) is 10.2. The number of benzene rings is 2. The second-order valence-corrected chi connectivity index (χ2v) is 4.82. The van der Waals surface area contributed by atoms with Crippen LogP contribution >= 0.6 is 0 Å². The Kier molecular flexibility index (Phi) is 3.94. The molecule has 0 unspecified atom stereocenters. The van der Waals surface area contributed by atoms with Crippen LogP contribution in [0.1, 0.15) is 15.9 Å². The number of phenolic OH excluding ortho intramolecular Hbond substituents is 1. The van der Waals surface area contributed by atoms with Crippen LogP contribution in [0.3, 0.4) is 0 Å². The standard InChI is InChI=1S/C16H18N2O2/c1-11-12(7-6-10-15(11)19)16(20)17-13-8-4-5-9-14(13)18(2)3/h4-10,19H,1-3H3,(H,17,20). The van der Waals surface area contributed by atoms with Crippen molar-refractivity contribution in [1.82, 2.24) is 0 Å². The van der Waals surface area contributed by atoms with Crippen molar-refractivity contribution in [1.29, 1.82) is 0 Å². The van der Waals surface area contributed by atoms with E-state index in [9.17, 15) is 9.90 Å². The minimum atomic E-state index is -0.229. The summed E-state index contributed by atoms with van der Waals surface area (Å²) in [6.45, 7) is 1.72. The number of hydrogen-bond donors (Lipinski definition) is 2. The summed E-state index contributed by atoms with van der Waals surface area (Å²) < 4.78 is 0. The Morgan fingerprint density at radius 2 is 1.80 bits per heavy atom. The molecule has 0 aliphatic carbocycles. The van der Waals surface area contributed by atoms with Gasteiger partial charge >= 0.3 is 0 Å². The van der Waals surface area contributed by atoms with Crippen LogP contribution in [0.4, 0.5) is 11.4 Å². The number of amides is 1. The number of carbonyl (C=O) groups is 1. The van der Waals surface area contributed by atoms with Crippen LogP contribution in [0.15, 0.2) is 42.5 Å². The molecule has 0 saturated carbocycles. The Labute approximate surface area is 118 Å². The molecule has 2 aromatic rings. The molecule has 4 heteroatoms. The summed E-state index contributed by atoms with van der Waals surface area (Å²) >= 11 is 0. The molecule has 0 heterocycles. The Balaban J connectivity index is 2.31. The van der Waals surface area contributed by atoms with E-state index in [1.165, 1.54) is 0 Å². The van der Waals surface area contributed by atoms with Crippen molar-refractivity contribution in [2.75, 3.05) is 24.3 Å². The van der Waals surface area contributed by atoms with Gasteiger partial charge in [0.1, 0.15) is 5.75 Å². The summed E-state index contributed by atoms with van der Waals surface area (Å²) in [7, 11) is 3.84. The van der Waals surface area contributed by atoms with Gasteiger partial charge in [0, 0.05) is 25.2 Å². The molecule has 0 atom stereocenters. The first kappa shape index (κ1) is 13.9. The molecule has 0 aromatic heterocycles. The zero-order valence-electron chi connectivity index (χ0n) is 11.8. The molecular formula is C16H18N2O2. The minimum absolute atomic E-state index is 0.124. The van der Waals surface area contributed by atoms with Gasteiger partial charge in [0.05, 0.1) is 11.4 Å². The number of rotatable bonds is 3. The SMILES string of the molecule is Cc1c(O)cccc1C(=O)Nc1ccccc1N(C)C. The Bertz CT molecular complexity index is 636. The maximum atomic E-state index is 12.3. The van der Waals surface area contributed by atoms with Crippen molar-refractivity contribution in [3.05, 3.63) is 53.6 Å². The second kappa shape index (κ2) is 5.65. The summed E-state index contributed by atoms with van der Waals surface area (Å²) in [6.07, 6.45) is 0. The number of nitrogens with one attached hydrogen (secondary N) is 1. The summed E-state index contributed by atoms with van der Waals surface area (Å²) in [5.74, 6) is -0.105. The number of para-hydroxylation sites is 2. The fraction of sp³-hybridized carbons (Fsp3) is 0.188. The van der Waals surface area contributed by atoms with Gasteiger partial charge in [-0.3, -0.25) is 4.79 Å². The summed E-state index contributed by atoms with van der Waals surface area (Å²) in [5.41, 5.74) is 2.72.